The Hall–Kier alpha value is -2.95. The Morgan fingerprint density at radius 3 is 2.48 bits per heavy atom. The van der Waals surface area contributed by atoms with E-state index in [9.17, 15) is 14.0 Å². The number of rotatable bonds is 3. The Balaban J connectivity index is 1.73. The Morgan fingerprint density at radius 2 is 1.74 bits per heavy atom. The van der Waals surface area contributed by atoms with E-state index in [0.717, 1.165) is 11.1 Å². The van der Waals surface area contributed by atoms with Gasteiger partial charge >= 0.3 is 0 Å². The maximum Gasteiger partial charge on any atom is 0.225 e. The van der Waals surface area contributed by atoms with Gasteiger partial charge in [0.25, 0.3) is 0 Å². The van der Waals surface area contributed by atoms with Crippen LogP contribution in [0.4, 0.5) is 4.39 Å². The summed E-state index contributed by atoms with van der Waals surface area (Å²) in [5.74, 6) is -0.0562. The number of carbonyl (C=O) groups is 2. The molecule has 1 N–H and O–H groups in total. The number of methoxy groups -OCH3 is 1. The lowest BCUT2D eigenvalue weighted by Crippen LogP contribution is -2.38. The molecule has 0 aromatic heterocycles. The fourth-order valence-corrected chi connectivity index (χ4v) is 4.15. The Labute approximate surface area is 157 Å². The van der Waals surface area contributed by atoms with Crippen molar-refractivity contribution in [3.63, 3.8) is 0 Å². The maximum atomic E-state index is 13.2. The lowest BCUT2D eigenvalue weighted by molar-refractivity contribution is -0.122. The highest BCUT2D eigenvalue weighted by Gasteiger charge is 2.39. The summed E-state index contributed by atoms with van der Waals surface area (Å²) in [5, 5.41) is 2.90. The van der Waals surface area contributed by atoms with Crippen molar-refractivity contribution in [3.8, 4) is 5.75 Å². The molecule has 1 amide bonds. The van der Waals surface area contributed by atoms with Gasteiger partial charge in [0, 0.05) is 35.6 Å². The van der Waals surface area contributed by atoms with Gasteiger partial charge < -0.3 is 10.1 Å². The van der Waals surface area contributed by atoms with Crippen LogP contribution in [0.15, 0.2) is 59.8 Å². The van der Waals surface area contributed by atoms with E-state index >= 15 is 0 Å². The molecular formula is C22H20FNO3. The molecule has 4 rings (SSSR count). The van der Waals surface area contributed by atoms with Gasteiger partial charge in [-0.05, 0) is 36.1 Å². The number of carbonyl (C=O) groups excluding carboxylic acids is 2. The van der Waals surface area contributed by atoms with E-state index in [4.69, 9.17) is 4.74 Å². The van der Waals surface area contributed by atoms with E-state index in [1.165, 1.54) is 12.1 Å². The van der Waals surface area contributed by atoms with Gasteiger partial charge in [-0.2, -0.15) is 0 Å². The molecule has 0 bridgehead atoms. The van der Waals surface area contributed by atoms with Gasteiger partial charge in [-0.15, -0.1) is 0 Å². The topological polar surface area (TPSA) is 55.4 Å². The van der Waals surface area contributed by atoms with E-state index in [1.807, 2.05) is 24.3 Å². The number of halogens is 1. The van der Waals surface area contributed by atoms with Crippen LogP contribution >= 0.6 is 0 Å². The summed E-state index contributed by atoms with van der Waals surface area (Å²) in [4.78, 5) is 25.4. The van der Waals surface area contributed by atoms with E-state index in [-0.39, 0.29) is 35.8 Å². The zero-order valence-corrected chi connectivity index (χ0v) is 15.0. The monoisotopic (exact) mass is 365 g/mol. The average molecular weight is 365 g/mol. The fourth-order valence-electron chi connectivity index (χ4n) is 4.15. The zero-order valence-electron chi connectivity index (χ0n) is 15.0. The minimum absolute atomic E-state index is 0.0291. The molecule has 5 heteroatoms. The van der Waals surface area contributed by atoms with Crippen LogP contribution in [0.2, 0.25) is 0 Å². The summed E-state index contributed by atoms with van der Waals surface area (Å²) in [6, 6.07) is 13.7. The van der Waals surface area contributed by atoms with Crippen LogP contribution in [0.5, 0.6) is 5.75 Å². The molecule has 2 atom stereocenters. The van der Waals surface area contributed by atoms with Crippen molar-refractivity contribution in [2.75, 3.05) is 7.11 Å². The first kappa shape index (κ1) is 17.5. The summed E-state index contributed by atoms with van der Waals surface area (Å²) in [6.07, 6.45) is 1.14. The molecule has 0 radical (unpaired) electrons. The number of hydrogen-bond acceptors (Lipinski definition) is 3. The third-order valence-electron chi connectivity index (χ3n) is 5.39. The molecule has 2 unspecified atom stereocenters. The van der Waals surface area contributed by atoms with Crippen LogP contribution in [0.3, 0.4) is 0 Å². The van der Waals surface area contributed by atoms with Crippen LogP contribution < -0.4 is 10.1 Å². The normalized spacial score (nSPS) is 22.3. The SMILES string of the molecule is COc1ccccc1C1CC(=O)NC2=C1C(=O)CC(c1ccc(F)cc1)C2. The van der Waals surface area contributed by atoms with Crippen LogP contribution in [0.25, 0.3) is 0 Å². The minimum atomic E-state index is -0.303. The van der Waals surface area contributed by atoms with Crippen molar-refractivity contribution in [2.45, 2.75) is 31.1 Å². The van der Waals surface area contributed by atoms with Crippen LogP contribution in [0.1, 0.15) is 42.2 Å². The molecule has 2 aromatic carbocycles. The minimum Gasteiger partial charge on any atom is -0.496 e. The lowest BCUT2D eigenvalue weighted by atomic mass is 9.73. The van der Waals surface area contributed by atoms with Gasteiger partial charge in [-0.25, -0.2) is 4.39 Å². The summed E-state index contributed by atoms with van der Waals surface area (Å²) >= 11 is 0. The van der Waals surface area contributed by atoms with Crippen molar-refractivity contribution in [1.29, 1.82) is 0 Å². The number of benzene rings is 2. The van der Waals surface area contributed by atoms with E-state index < -0.39 is 0 Å². The molecule has 138 valence electrons. The molecular weight excluding hydrogens is 345 g/mol. The molecule has 0 saturated heterocycles. The predicted octanol–water partition coefficient (Wildman–Crippen LogP) is 3.84. The highest BCUT2D eigenvalue weighted by Crippen LogP contribution is 2.44. The number of Topliss-reactive ketones (excluding diaryl/α,β-unsaturated/α-hetero) is 1. The van der Waals surface area contributed by atoms with Crippen molar-refractivity contribution < 1.29 is 18.7 Å². The molecule has 2 aliphatic rings. The molecule has 2 aromatic rings. The number of allylic oxidation sites excluding steroid dienone is 2. The molecule has 0 spiro atoms. The van der Waals surface area contributed by atoms with Gasteiger partial charge in [0.2, 0.25) is 5.91 Å². The Morgan fingerprint density at radius 1 is 1.00 bits per heavy atom. The van der Waals surface area contributed by atoms with Gasteiger partial charge in [0.15, 0.2) is 5.78 Å². The van der Waals surface area contributed by atoms with Crippen molar-refractivity contribution in [3.05, 3.63) is 76.7 Å². The highest BCUT2D eigenvalue weighted by molar-refractivity contribution is 6.02. The zero-order chi connectivity index (χ0) is 19.0. The summed E-state index contributed by atoms with van der Waals surface area (Å²) < 4.78 is 18.7. The maximum absolute atomic E-state index is 13.2. The Kier molecular flexibility index (Phi) is 4.52. The largest absolute Gasteiger partial charge is 0.496 e. The second-order valence-corrected chi connectivity index (χ2v) is 7.02. The number of hydrogen-bond donors (Lipinski definition) is 1. The summed E-state index contributed by atoms with van der Waals surface area (Å²) in [6.45, 7) is 0. The second kappa shape index (κ2) is 6.99. The van der Waals surface area contributed by atoms with E-state index in [0.29, 0.717) is 29.9 Å². The van der Waals surface area contributed by atoms with Crippen LogP contribution in [-0.2, 0) is 9.59 Å². The smallest absolute Gasteiger partial charge is 0.225 e. The summed E-state index contributed by atoms with van der Waals surface area (Å²) in [7, 11) is 1.59. The lowest BCUT2D eigenvalue weighted by Gasteiger charge is -2.34. The van der Waals surface area contributed by atoms with E-state index in [2.05, 4.69) is 5.32 Å². The number of ether oxygens (including phenoxy) is 1. The molecule has 4 nitrogen and oxygen atoms in total. The molecule has 1 aliphatic heterocycles. The first-order valence-corrected chi connectivity index (χ1v) is 9.01. The molecule has 0 fully saturated rings. The fraction of sp³-hybridized carbons (Fsp3) is 0.273. The first-order chi connectivity index (χ1) is 13.1. The highest BCUT2D eigenvalue weighted by atomic mass is 19.1. The van der Waals surface area contributed by atoms with Crippen molar-refractivity contribution in [2.24, 2.45) is 0 Å². The molecule has 0 saturated carbocycles. The number of ketones is 1. The number of para-hydroxylation sites is 1. The summed E-state index contributed by atoms with van der Waals surface area (Å²) in [5.41, 5.74) is 3.13. The van der Waals surface area contributed by atoms with Crippen LogP contribution in [-0.4, -0.2) is 18.8 Å². The molecule has 1 aliphatic carbocycles. The number of amides is 1. The number of nitrogens with one attached hydrogen (secondary N) is 1. The van der Waals surface area contributed by atoms with Crippen molar-refractivity contribution in [1.82, 2.24) is 5.32 Å². The quantitative estimate of drug-likeness (QED) is 0.899. The molecule has 27 heavy (non-hydrogen) atoms. The van der Waals surface area contributed by atoms with Gasteiger partial charge in [-0.1, -0.05) is 30.3 Å². The predicted molar refractivity (Wildman–Crippen MR) is 98.9 cm³/mol. The second-order valence-electron chi connectivity index (χ2n) is 7.02. The molecule has 1 heterocycles. The standard InChI is InChI=1S/C22H20FNO3/c1-27-20-5-3-2-4-16(20)17-12-21(26)24-18-10-14(11-19(25)22(17)18)13-6-8-15(23)9-7-13/h2-9,14,17H,10-12H2,1H3,(H,24,26). The van der Waals surface area contributed by atoms with Gasteiger partial charge in [0.05, 0.1) is 7.11 Å². The van der Waals surface area contributed by atoms with Gasteiger partial charge in [0.1, 0.15) is 11.6 Å². The first-order valence-electron chi connectivity index (χ1n) is 9.01. The average Bonchev–Trinajstić information content (AvgIpc) is 2.67. The van der Waals surface area contributed by atoms with Gasteiger partial charge in [-0.3, -0.25) is 9.59 Å². The Bertz CT molecular complexity index is 933. The van der Waals surface area contributed by atoms with E-state index in [1.54, 1.807) is 19.2 Å². The third kappa shape index (κ3) is 3.25. The van der Waals surface area contributed by atoms with Crippen molar-refractivity contribution >= 4 is 11.7 Å². The third-order valence-corrected chi connectivity index (χ3v) is 5.39. The van der Waals surface area contributed by atoms with Crippen LogP contribution in [0, 0.1) is 5.82 Å².